The lowest BCUT2D eigenvalue weighted by Gasteiger charge is -2.08. The Bertz CT molecular complexity index is 1220. The van der Waals surface area contributed by atoms with Gasteiger partial charge in [0.05, 0.1) is 5.69 Å². The molecule has 0 aliphatic carbocycles. The van der Waals surface area contributed by atoms with Gasteiger partial charge in [0.2, 0.25) is 0 Å². The van der Waals surface area contributed by atoms with Crippen LogP contribution in [0.2, 0.25) is 0 Å². The van der Waals surface area contributed by atoms with E-state index < -0.39 is 0 Å². The number of H-pyrrole nitrogens is 2. The number of benzene rings is 3. The summed E-state index contributed by atoms with van der Waals surface area (Å²) in [5, 5.41) is 4.66. The lowest BCUT2D eigenvalue weighted by molar-refractivity contribution is 0.297. The molecule has 2 aromatic heterocycles. The highest BCUT2D eigenvalue weighted by molar-refractivity contribution is 5.93. The third-order valence-corrected chi connectivity index (χ3v) is 4.80. The first-order valence-corrected chi connectivity index (χ1v) is 9.51. The Balaban J connectivity index is 1.28. The van der Waals surface area contributed by atoms with Crippen LogP contribution in [0.1, 0.15) is 5.82 Å². The van der Waals surface area contributed by atoms with E-state index in [0.29, 0.717) is 6.61 Å². The van der Waals surface area contributed by atoms with E-state index in [2.05, 4.69) is 62.7 Å². The van der Waals surface area contributed by atoms with Crippen molar-refractivity contribution in [2.24, 2.45) is 0 Å². The number of aromatic nitrogens is 3. The zero-order valence-corrected chi connectivity index (χ0v) is 15.7. The molecule has 3 aromatic carbocycles. The molecule has 0 aliphatic heterocycles. The van der Waals surface area contributed by atoms with Crippen LogP contribution in [0.25, 0.3) is 22.2 Å². The number of fused-ring (bicyclic) bond motifs is 1. The number of imidazole rings is 1. The van der Waals surface area contributed by atoms with E-state index in [0.717, 1.165) is 39.7 Å². The number of para-hydroxylation sites is 1. The highest BCUT2D eigenvalue weighted by atomic mass is 16.5. The summed E-state index contributed by atoms with van der Waals surface area (Å²) in [6.45, 7) is 0.407. The van der Waals surface area contributed by atoms with Crippen molar-refractivity contribution < 1.29 is 4.74 Å². The summed E-state index contributed by atoms with van der Waals surface area (Å²) in [7, 11) is 0. The molecule has 0 unspecified atom stereocenters. The van der Waals surface area contributed by atoms with E-state index in [1.54, 1.807) is 0 Å². The Hall–Kier alpha value is -3.99. The Morgan fingerprint density at radius 1 is 0.828 bits per heavy atom. The third-order valence-electron chi connectivity index (χ3n) is 4.80. The molecular weight excluding hydrogens is 360 g/mol. The second-order valence-electron chi connectivity index (χ2n) is 6.78. The number of aromatic amines is 2. The molecule has 3 N–H and O–H groups in total. The summed E-state index contributed by atoms with van der Waals surface area (Å²) < 4.78 is 5.75. The Kier molecular flexibility index (Phi) is 4.47. The van der Waals surface area contributed by atoms with Crippen LogP contribution in [-0.4, -0.2) is 15.0 Å². The number of hydrogen-bond donors (Lipinski definition) is 3. The lowest BCUT2D eigenvalue weighted by atomic mass is 10.1. The minimum absolute atomic E-state index is 0.407. The van der Waals surface area contributed by atoms with Gasteiger partial charge in [0.1, 0.15) is 18.2 Å². The maximum Gasteiger partial charge on any atom is 0.146 e. The topological polar surface area (TPSA) is 65.7 Å². The number of ether oxygens (including phenoxy) is 1. The molecule has 5 aromatic rings. The van der Waals surface area contributed by atoms with Crippen molar-refractivity contribution in [3.8, 4) is 17.0 Å². The zero-order chi connectivity index (χ0) is 19.5. The van der Waals surface area contributed by atoms with Crippen molar-refractivity contribution >= 4 is 22.3 Å². The molecule has 5 rings (SSSR count). The predicted molar refractivity (Wildman–Crippen MR) is 116 cm³/mol. The molecule has 0 radical (unpaired) electrons. The van der Waals surface area contributed by atoms with Crippen LogP contribution < -0.4 is 10.1 Å². The molecule has 0 atom stereocenters. The van der Waals surface area contributed by atoms with E-state index in [-0.39, 0.29) is 0 Å². The van der Waals surface area contributed by atoms with Crippen molar-refractivity contribution in [2.75, 3.05) is 5.32 Å². The van der Waals surface area contributed by atoms with Crippen molar-refractivity contribution in [3.05, 3.63) is 97.1 Å². The average Bonchev–Trinajstić information content (AvgIpc) is 3.44. The molecule has 0 aliphatic rings. The molecule has 2 heterocycles. The van der Waals surface area contributed by atoms with Gasteiger partial charge >= 0.3 is 0 Å². The van der Waals surface area contributed by atoms with Gasteiger partial charge < -0.3 is 20.0 Å². The number of nitrogens with zero attached hydrogens (tertiary/aromatic N) is 1. The van der Waals surface area contributed by atoms with E-state index in [1.165, 1.54) is 5.39 Å². The number of anilines is 2. The minimum Gasteiger partial charge on any atom is -0.486 e. The standard InChI is InChI=1S/C24H20N4O/c1-2-5-19(6-3-1)29-16-24-26-15-23(28-24)17-9-11-18(12-10-17)27-22-8-4-7-21-20(22)13-14-25-21/h1-15,25,27H,16H2,(H,26,28). The van der Waals surface area contributed by atoms with E-state index in [9.17, 15) is 0 Å². The van der Waals surface area contributed by atoms with Crippen LogP contribution in [0.4, 0.5) is 11.4 Å². The number of nitrogens with one attached hydrogen (secondary N) is 3. The largest absolute Gasteiger partial charge is 0.486 e. The first-order chi connectivity index (χ1) is 14.3. The Morgan fingerprint density at radius 3 is 2.55 bits per heavy atom. The van der Waals surface area contributed by atoms with E-state index in [1.807, 2.05) is 48.8 Å². The number of hydrogen-bond acceptors (Lipinski definition) is 3. The maximum atomic E-state index is 5.75. The molecule has 29 heavy (non-hydrogen) atoms. The van der Waals surface area contributed by atoms with Crippen LogP contribution in [0.3, 0.4) is 0 Å². The van der Waals surface area contributed by atoms with Crippen molar-refractivity contribution in [1.29, 1.82) is 0 Å². The first kappa shape index (κ1) is 17.1. The summed E-state index contributed by atoms with van der Waals surface area (Å²) in [4.78, 5) is 11.1. The second kappa shape index (κ2) is 7.56. The molecule has 5 heteroatoms. The minimum atomic E-state index is 0.407. The van der Waals surface area contributed by atoms with Gasteiger partial charge in [-0.3, -0.25) is 0 Å². The molecular formula is C24H20N4O. The van der Waals surface area contributed by atoms with Gasteiger partial charge in [-0.05, 0) is 42.5 Å². The quantitative estimate of drug-likeness (QED) is 0.345. The second-order valence-corrected chi connectivity index (χ2v) is 6.78. The average molecular weight is 380 g/mol. The fraction of sp³-hybridized carbons (Fsp3) is 0.0417. The van der Waals surface area contributed by atoms with Gasteiger partial charge in [0, 0.05) is 40.2 Å². The molecule has 0 fully saturated rings. The van der Waals surface area contributed by atoms with Crippen molar-refractivity contribution in [3.63, 3.8) is 0 Å². The van der Waals surface area contributed by atoms with Gasteiger partial charge in [-0.1, -0.05) is 36.4 Å². The SMILES string of the molecule is c1ccc(OCc2nc(-c3ccc(Nc4cccc5[nH]ccc45)cc3)c[nH]2)cc1. The summed E-state index contributed by atoms with van der Waals surface area (Å²) in [6.07, 6.45) is 3.86. The van der Waals surface area contributed by atoms with Crippen LogP contribution in [0.15, 0.2) is 91.3 Å². The molecule has 0 amide bonds. The summed E-state index contributed by atoms with van der Waals surface area (Å²) in [5.74, 6) is 1.63. The fourth-order valence-electron chi connectivity index (χ4n) is 3.33. The normalized spacial score (nSPS) is 10.9. The van der Waals surface area contributed by atoms with Gasteiger partial charge in [0.25, 0.3) is 0 Å². The molecule has 0 spiro atoms. The van der Waals surface area contributed by atoms with Crippen LogP contribution in [-0.2, 0) is 6.61 Å². The smallest absolute Gasteiger partial charge is 0.146 e. The van der Waals surface area contributed by atoms with E-state index in [4.69, 9.17) is 4.74 Å². The van der Waals surface area contributed by atoms with Crippen LogP contribution in [0, 0.1) is 0 Å². The van der Waals surface area contributed by atoms with Gasteiger partial charge in [-0.2, -0.15) is 0 Å². The Morgan fingerprint density at radius 2 is 1.69 bits per heavy atom. The van der Waals surface area contributed by atoms with Crippen LogP contribution in [0.5, 0.6) is 5.75 Å². The van der Waals surface area contributed by atoms with Crippen LogP contribution >= 0.6 is 0 Å². The molecule has 0 saturated heterocycles. The molecule has 142 valence electrons. The molecule has 0 bridgehead atoms. The maximum absolute atomic E-state index is 5.75. The van der Waals surface area contributed by atoms with Gasteiger partial charge in [-0.15, -0.1) is 0 Å². The predicted octanol–water partition coefficient (Wildman–Crippen LogP) is 5.88. The van der Waals surface area contributed by atoms with E-state index >= 15 is 0 Å². The van der Waals surface area contributed by atoms with Crippen molar-refractivity contribution in [2.45, 2.75) is 6.61 Å². The molecule has 5 nitrogen and oxygen atoms in total. The van der Waals surface area contributed by atoms with Crippen molar-refractivity contribution in [1.82, 2.24) is 15.0 Å². The monoisotopic (exact) mass is 380 g/mol. The van der Waals surface area contributed by atoms with Gasteiger partial charge in [-0.25, -0.2) is 4.98 Å². The lowest BCUT2D eigenvalue weighted by Crippen LogP contribution is -1.97. The molecule has 0 saturated carbocycles. The summed E-state index contributed by atoms with van der Waals surface area (Å²) in [5.41, 5.74) is 5.18. The first-order valence-electron chi connectivity index (χ1n) is 9.51. The highest BCUT2D eigenvalue weighted by Gasteiger charge is 2.06. The van der Waals surface area contributed by atoms with Gasteiger partial charge in [0.15, 0.2) is 0 Å². The summed E-state index contributed by atoms with van der Waals surface area (Å²) in [6, 6.07) is 26.3. The number of rotatable bonds is 6. The zero-order valence-electron chi connectivity index (χ0n) is 15.7. The Labute approximate surface area is 168 Å². The third kappa shape index (κ3) is 3.71. The highest BCUT2D eigenvalue weighted by Crippen LogP contribution is 2.27. The summed E-state index contributed by atoms with van der Waals surface area (Å²) >= 11 is 0. The fourth-order valence-corrected chi connectivity index (χ4v) is 3.33.